The summed E-state index contributed by atoms with van der Waals surface area (Å²) in [6, 6.07) is 6.23. The Morgan fingerprint density at radius 1 is 1.32 bits per heavy atom. The molecule has 8 heteroatoms. The van der Waals surface area contributed by atoms with Crippen LogP contribution in [0, 0.1) is 6.92 Å². The van der Waals surface area contributed by atoms with Crippen molar-refractivity contribution in [3.63, 3.8) is 0 Å². The van der Waals surface area contributed by atoms with Gasteiger partial charge in [0.2, 0.25) is 0 Å². The van der Waals surface area contributed by atoms with Gasteiger partial charge in [0, 0.05) is 18.6 Å². The zero-order chi connectivity index (χ0) is 18.6. The minimum absolute atomic E-state index is 0.0918. The summed E-state index contributed by atoms with van der Waals surface area (Å²) >= 11 is 7.27. The number of nitrogens with zero attached hydrogens (tertiary/aromatic N) is 1. The first-order valence-corrected chi connectivity index (χ1v) is 10.6. The Balaban J connectivity index is 2.31. The van der Waals surface area contributed by atoms with Crippen molar-refractivity contribution < 1.29 is 13.2 Å². The molecule has 0 spiro atoms. The highest BCUT2D eigenvalue weighted by Crippen LogP contribution is 2.31. The summed E-state index contributed by atoms with van der Waals surface area (Å²) in [7, 11) is -2.37. The maximum atomic E-state index is 12.9. The summed E-state index contributed by atoms with van der Waals surface area (Å²) in [6.07, 6.45) is 1.85. The van der Waals surface area contributed by atoms with Crippen molar-refractivity contribution in [2.75, 3.05) is 17.9 Å². The average Bonchev–Trinajstić information content (AvgIpc) is 3.06. The number of amides is 1. The Morgan fingerprint density at radius 3 is 2.68 bits per heavy atom. The molecule has 0 saturated carbocycles. The molecule has 136 valence electrons. The number of thiophene rings is 1. The van der Waals surface area contributed by atoms with Crippen molar-refractivity contribution in [3.8, 4) is 0 Å². The Hall–Kier alpha value is -1.57. The molecule has 0 bridgehead atoms. The SMILES string of the molecule is CCCCNC(=O)c1sccc1N(C)S(=O)(=O)c1ccc(C)c(Cl)c1. The van der Waals surface area contributed by atoms with Gasteiger partial charge >= 0.3 is 0 Å². The van der Waals surface area contributed by atoms with E-state index in [1.165, 1.54) is 30.5 Å². The zero-order valence-corrected chi connectivity index (χ0v) is 16.8. The van der Waals surface area contributed by atoms with Crippen molar-refractivity contribution in [2.45, 2.75) is 31.6 Å². The van der Waals surface area contributed by atoms with E-state index in [1.54, 1.807) is 24.4 Å². The molecule has 0 aliphatic carbocycles. The summed E-state index contributed by atoms with van der Waals surface area (Å²) in [5, 5.41) is 4.91. The van der Waals surface area contributed by atoms with Crippen LogP contribution in [0.15, 0.2) is 34.5 Å². The van der Waals surface area contributed by atoms with E-state index in [4.69, 9.17) is 11.6 Å². The van der Waals surface area contributed by atoms with Crippen LogP contribution < -0.4 is 9.62 Å². The fourth-order valence-corrected chi connectivity index (χ4v) is 4.58. The predicted octanol–water partition coefficient (Wildman–Crippen LogP) is 4.06. The van der Waals surface area contributed by atoms with E-state index in [1.807, 2.05) is 6.92 Å². The standard InChI is InChI=1S/C17H21ClN2O3S2/c1-4-5-9-19-17(21)16-15(8-10-24-16)20(3)25(22,23)13-7-6-12(2)14(18)11-13/h6-8,10-11H,4-5,9H2,1-3H3,(H,19,21). The predicted molar refractivity (Wildman–Crippen MR) is 103 cm³/mol. The first-order chi connectivity index (χ1) is 11.8. The van der Waals surface area contributed by atoms with Gasteiger partial charge in [-0.05, 0) is 42.5 Å². The minimum Gasteiger partial charge on any atom is -0.351 e. The molecule has 1 heterocycles. The summed E-state index contributed by atoms with van der Waals surface area (Å²) in [5.74, 6) is -0.262. The molecule has 1 aromatic heterocycles. The number of nitrogens with one attached hydrogen (secondary N) is 1. The number of anilines is 1. The quantitative estimate of drug-likeness (QED) is 0.712. The fourth-order valence-electron chi connectivity index (χ4n) is 2.20. The topological polar surface area (TPSA) is 66.5 Å². The van der Waals surface area contributed by atoms with Crippen molar-refractivity contribution in [3.05, 3.63) is 45.1 Å². The number of hydrogen-bond acceptors (Lipinski definition) is 4. The highest BCUT2D eigenvalue weighted by molar-refractivity contribution is 7.92. The van der Waals surface area contributed by atoms with Gasteiger partial charge in [0.05, 0.1) is 10.6 Å². The van der Waals surface area contributed by atoms with Crippen molar-refractivity contribution in [2.24, 2.45) is 0 Å². The molecule has 2 aromatic rings. The van der Waals surface area contributed by atoms with E-state index in [0.717, 1.165) is 22.7 Å². The molecular formula is C17H21ClN2O3S2. The van der Waals surface area contributed by atoms with Gasteiger partial charge in [-0.15, -0.1) is 11.3 Å². The van der Waals surface area contributed by atoms with Gasteiger partial charge in [0.1, 0.15) is 4.88 Å². The Bertz CT molecular complexity index is 863. The van der Waals surface area contributed by atoms with Crippen LogP contribution in [0.1, 0.15) is 35.0 Å². The Kier molecular flexibility index (Phi) is 6.48. The summed E-state index contributed by atoms with van der Waals surface area (Å²) in [4.78, 5) is 12.8. The van der Waals surface area contributed by atoms with Crippen LogP contribution in [-0.4, -0.2) is 27.9 Å². The number of carbonyl (C=O) groups excluding carboxylic acids is 1. The van der Waals surface area contributed by atoms with Gasteiger partial charge in [0.15, 0.2) is 0 Å². The van der Waals surface area contributed by atoms with Crippen LogP contribution in [0.25, 0.3) is 0 Å². The molecule has 0 unspecified atom stereocenters. The maximum Gasteiger partial charge on any atom is 0.264 e. The number of unbranched alkanes of at least 4 members (excludes halogenated alkanes) is 1. The van der Waals surface area contributed by atoms with E-state index >= 15 is 0 Å². The lowest BCUT2D eigenvalue weighted by Gasteiger charge is -2.20. The lowest BCUT2D eigenvalue weighted by atomic mass is 10.2. The Labute approximate surface area is 157 Å². The van der Waals surface area contributed by atoms with Gasteiger partial charge < -0.3 is 5.32 Å². The maximum absolute atomic E-state index is 12.9. The second kappa shape index (κ2) is 8.21. The van der Waals surface area contributed by atoms with Crippen molar-refractivity contribution in [1.29, 1.82) is 0 Å². The van der Waals surface area contributed by atoms with Crippen LogP contribution in [0.4, 0.5) is 5.69 Å². The van der Waals surface area contributed by atoms with Crippen molar-refractivity contribution in [1.82, 2.24) is 5.32 Å². The molecule has 25 heavy (non-hydrogen) atoms. The molecule has 0 aliphatic rings. The molecule has 1 amide bonds. The van der Waals surface area contributed by atoms with Gasteiger partial charge in [-0.2, -0.15) is 0 Å². The molecule has 0 saturated heterocycles. The molecular weight excluding hydrogens is 380 g/mol. The van der Waals surface area contributed by atoms with Crippen LogP contribution in [0.2, 0.25) is 5.02 Å². The molecule has 0 atom stereocenters. The molecule has 0 radical (unpaired) electrons. The van der Waals surface area contributed by atoms with E-state index < -0.39 is 10.0 Å². The smallest absolute Gasteiger partial charge is 0.264 e. The lowest BCUT2D eigenvalue weighted by molar-refractivity contribution is 0.0958. The van der Waals surface area contributed by atoms with Gasteiger partial charge in [-0.25, -0.2) is 8.42 Å². The molecule has 0 fully saturated rings. The van der Waals surface area contributed by atoms with Crippen LogP contribution in [0.5, 0.6) is 0 Å². The summed E-state index contributed by atoms with van der Waals surface area (Å²) in [6.45, 7) is 4.41. The number of benzene rings is 1. The second-order valence-electron chi connectivity index (χ2n) is 5.63. The number of halogens is 1. The number of aryl methyl sites for hydroxylation is 1. The normalized spacial score (nSPS) is 11.4. The third kappa shape index (κ3) is 4.34. The molecule has 1 N–H and O–H groups in total. The number of hydrogen-bond donors (Lipinski definition) is 1. The van der Waals surface area contributed by atoms with Gasteiger partial charge in [0.25, 0.3) is 15.9 Å². The van der Waals surface area contributed by atoms with Crippen LogP contribution in [0.3, 0.4) is 0 Å². The molecule has 1 aromatic carbocycles. The molecule has 5 nitrogen and oxygen atoms in total. The number of sulfonamides is 1. The zero-order valence-electron chi connectivity index (χ0n) is 14.4. The van der Waals surface area contributed by atoms with Crippen LogP contribution >= 0.6 is 22.9 Å². The van der Waals surface area contributed by atoms with Crippen molar-refractivity contribution >= 4 is 44.6 Å². The highest BCUT2D eigenvalue weighted by Gasteiger charge is 2.26. The number of carbonyl (C=O) groups is 1. The Morgan fingerprint density at radius 2 is 2.04 bits per heavy atom. The van der Waals surface area contributed by atoms with Crippen LogP contribution in [-0.2, 0) is 10.0 Å². The number of rotatable bonds is 7. The lowest BCUT2D eigenvalue weighted by Crippen LogP contribution is -2.30. The van der Waals surface area contributed by atoms with E-state index in [2.05, 4.69) is 5.32 Å². The summed E-state index contributed by atoms with van der Waals surface area (Å²) < 4.78 is 26.9. The largest absolute Gasteiger partial charge is 0.351 e. The third-order valence-corrected chi connectivity index (χ3v) is 6.88. The second-order valence-corrected chi connectivity index (χ2v) is 8.92. The van der Waals surface area contributed by atoms with E-state index in [-0.39, 0.29) is 10.8 Å². The van der Waals surface area contributed by atoms with Gasteiger partial charge in [-0.3, -0.25) is 9.10 Å². The van der Waals surface area contributed by atoms with E-state index in [0.29, 0.717) is 22.1 Å². The highest BCUT2D eigenvalue weighted by atomic mass is 35.5. The third-order valence-electron chi connectivity index (χ3n) is 3.81. The molecule has 2 rings (SSSR count). The minimum atomic E-state index is -3.81. The molecule has 0 aliphatic heterocycles. The first-order valence-electron chi connectivity index (χ1n) is 7.89. The van der Waals surface area contributed by atoms with Gasteiger partial charge in [-0.1, -0.05) is 31.0 Å². The first kappa shape index (κ1) is 19.8. The van der Waals surface area contributed by atoms with E-state index in [9.17, 15) is 13.2 Å². The fraction of sp³-hybridized carbons (Fsp3) is 0.353. The monoisotopic (exact) mass is 400 g/mol. The summed E-state index contributed by atoms with van der Waals surface area (Å²) in [5.41, 5.74) is 1.16. The average molecular weight is 401 g/mol.